The second-order valence-electron chi connectivity index (χ2n) is 6.18. The molecule has 6 nitrogen and oxygen atoms in total. The molecule has 146 valence electrons. The van der Waals surface area contributed by atoms with Crippen LogP contribution in [0.5, 0.6) is 0 Å². The highest BCUT2D eigenvalue weighted by atomic mass is 35.5. The third-order valence-corrected chi connectivity index (χ3v) is 5.77. The molecule has 0 radical (unpaired) electrons. The number of hydrogen-bond acceptors (Lipinski definition) is 5. The molecule has 4 rings (SSSR count). The number of halogens is 2. The van der Waals surface area contributed by atoms with Crippen LogP contribution in [0.1, 0.15) is 5.56 Å². The van der Waals surface area contributed by atoms with E-state index in [1.54, 1.807) is 18.3 Å². The van der Waals surface area contributed by atoms with Crippen molar-refractivity contribution in [3.63, 3.8) is 0 Å². The van der Waals surface area contributed by atoms with Gasteiger partial charge in [-0.05, 0) is 23.8 Å². The number of fused-ring (bicyclic) bond motifs is 1. The second-order valence-corrected chi connectivity index (χ2v) is 7.85. The number of hydrazone groups is 1. The number of carboxylic acids is 1. The molecule has 0 fully saturated rings. The Morgan fingerprint density at radius 2 is 2.03 bits per heavy atom. The number of carboxylic acid groups (broad SMARTS) is 1. The Balaban J connectivity index is 1.53. The van der Waals surface area contributed by atoms with Gasteiger partial charge in [-0.1, -0.05) is 47.5 Å². The molecule has 0 bridgehead atoms. The number of nitrogens with one attached hydrogen (secondary N) is 2. The standard InChI is InChI=1S/C20H14Cl2N4O2S/c21-14-6-5-11(7-15(14)22)18-10-29-20(24-18)26-25-17(19(27)28)8-12-9-23-16-4-2-1-3-13(12)16/h1-7,9-10,23H,8H2,(H,24,26)(H,27,28)/b25-17+. The van der Waals surface area contributed by atoms with Crippen LogP contribution in [0.3, 0.4) is 0 Å². The monoisotopic (exact) mass is 444 g/mol. The summed E-state index contributed by atoms with van der Waals surface area (Å²) in [4.78, 5) is 19.2. The lowest BCUT2D eigenvalue weighted by Gasteiger charge is -2.02. The minimum atomic E-state index is -1.09. The molecular formula is C20H14Cl2N4O2S. The Hall–Kier alpha value is -2.87. The fourth-order valence-corrected chi connectivity index (χ4v) is 3.81. The molecule has 2 aromatic heterocycles. The van der Waals surface area contributed by atoms with Crippen LogP contribution in [-0.2, 0) is 11.2 Å². The predicted molar refractivity (Wildman–Crippen MR) is 118 cm³/mol. The Kier molecular flexibility index (Phi) is 5.53. The Morgan fingerprint density at radius 3 is 2.83 bits per heavy atom. The average Bonchev–Trinajstić information content (AvgIpc) is 3.34. The highest BCUT2D eigenvalue weighted by Gasteiger charge is 2.14. The van der Waals surface area contributed by atoms with Crippen molar-refractivity contribution in [2.24, 2.45) is 5.10 Å². The molecule has 29 heavy (non-hydrogen) atoms. The molecule has 0 amide bonds. The molecule has 2 heterocycles. The van der Waals surface area contributed by atoms with Gasteiger partial charge in [0, 0.05) is 34.5 Å². The van der Waals surface area contributed by atoms with E-state index in [-0.39, 0.29) is 12.1 Å². The van der Waals surface area contributed by atoms with Crippen LogP contribution >= 0.6 is 34.5 Å². The summed E-state index contributed by atoms with van der Waals surface area (Å²) in [5, 5.41) is 17.8. The van der Waals surface area contributed by atoms with E-state index in [1.165, 1.54) is 11.3 Å². The van der Waals surface area contributed by atoms with Gasteiger partial charge in [0.2, 0.25) is 5.13 Å². The lowest BCUT2D eigenvalue weighted by atomic mass is 10.1. The molecule has 2 aromatic carbocycles. The van der Waals surface area contributed by atoms with Crippen LogP contribution in [0.2, 0.25) is 10.0 Å². The molecule has 0 aliphatic heterocycles. The summed E-state index contributed by atoms with van der Waals surface area (Å²) in [6.45, 7) is 0. The lowest BCUT2D eigenvalue weighted by Crippen LogP contribution is -2.17. The molecule has 0 aliphatic rings. The van der Waals surface area contributed by atoms with Crippen molar-refractivity contribution >= 4 is 62.3 Å². The minimum absolute atomic E-state index is 0.0129. The van der Waals surface area contributed by atoms with E-state index in [9.17, 15) is 9.90 Å². The maximum absolute atomic E-state index is 11.7. The van der Waals surface area contributed by atoms with E-state index in [2.05, 4.69) is 20.5 Å². The van der Waals surface area contributed by atoms with Gasteiger partial charge in [0.05, 0.1) is 15.7 Å². The van der Waals surface area contributed by atoms with Gasteiger partial charge >= 0.3 is 5.97 Å². The molecule has 9 heteroatoms. The van der Waals surface area contributed by atoms with Crippen molar-refractivity contribution in [1.29, 1.82) is 0 Å². The van der Waals surface area contributed by atoms with Crippen molar-refractivity contribution in [2.45, 2.75) is 6.42 Å². The number of aliphatic carboxylic acids is 1. The number of nitrogens with zero attached hydrogens (tertiary/aromatic N) is 2. The molecule has 0 aliphatic carbocycles. The molecule has 0 spiro atoms. The zero-order valence-corrected chi connectivity index (χ0v) is 17.1. The van der Waals surface area contributed by atoms with E-state index in [0.29, 0.717) is 20.9 Å². The molecule has 0 saturated heterocycles. The number of rotatable bonds is 6. The summed E-state index contributed by atoms with van der Waals surface area (Å²) in [6.07, 6.45) is 1.98. The fourth-order valence-electron chi connectivity index (χ4n) is 2.85. The first-order valence-electron chi connectivity index (χ1n) is 8.53. The zero-order chi connectivity index (χ0) is 20.4. The van der Waals surface area contributed by atoms with E-state index in [0.717, 1.165) is 22.0 Å². The van der Waals surface area contributed by atoms with Gasteiger partial charge in [0.1, 0.15) is 5.71 Å². The average molecular weight is 445 g/mol. The third kappa shape index (κ3) is 4.27. The van der Waals surface area contributed by atoms with Gasteiger partial charge in [-0.15, -0.1) is 11.3 Å². The summed E-state index contributed by atoms with van der Waals surface area (Å²) in [5.74, 6) is -1.09. The first kappa shape index (κ1) is 19.4. The Labute approximate surface area is 179 Å². The van der Waals surface area contributed by atoms with Crippen LogP contribution < -0.4 is 5.43 Å². The Bertz CT molecular complexity index is 1230. The maximum atomic E-state index is 11.7. The Morgan fingerprint density at radius 1 is 1.21 bits per heavy atom. The van der Waals surface area contributed by atoms with Crippen molar-refractivity contribution in [2.75, 3.05) is 5.43 Å². The number of aromatic amines is 1. The first-order chi connectivity index (χ1) is 14.0. The highest BCUT2D eigenvalue weighted by molar-refractivity contribution is 7.14. The molecule has 0 atom stereocenters. The van der Waals surface area contributed by atoms with Crippen LogP contribution in [0.25, 0.3) is 22.2 Å². The van der Waals surface area contributed by atoms with Crippen LogP contribution in [0, 0.1) is 0 Å². The zero-order valence-electron chi connectivity index (χ0n) is 14.8. The number of hydrogen-bond donors (Lipinski definition) is 3. The fraction of sp³-hybridized carbons (Fsp3) is 0.0500. The van der Waals surface area contributed by atoms with E-state index in [4.69, 9.17) is 23.2 Å². The summed E-state index contributed by atoms with van der Waals surface area (Å²) in [6, 6.07) is 13.0. The van der Waals surface area contributed by atoms with Crippen molar-refractivity contribution < 1.29 is 9.90 Å². The van der Waals surface area contributed by atoms with Crippen LogP contribution in [0.4, 0.5) is 5.13 Å². The lowest BCUT2D eigenvalue weighted by molar-refractivity contribution is -0.129. The largest absolute Gasteiger partial charge is 0.477 e. The molecule has 3 N–H and O–H groups in total. The normalized spacial score (nSPS) is 11.7. The van der Waals surface area contributed by atoms with Gasteiger partial charge < -0.3 is 10.1 Å². The number of carbonyl (C=O) groups is 1. The first-order valence-corrected chi connectivity index (χ1v) is 10.2. The number of thiazole rings is 1. The van der Waals surface area contributed by atoms with E-state index < -0.39 is 5.97 Å². The molecule has 4 aromatic rings. The van der Waals surface area contributed by atoms with Gasteiger partial charge in [-0.3, -0.25) is 5.43 Å². The smallest absolute Gasteiger partial charge is 0.352 e. The molecule has 0 unspecified atom stereocenters. The van der Waals surface area contributed by atoms with Gasteiger partial charge in [0.25, 0.3) is 0 Å². The van der Waals surface area contributed by atoms with Gasteiger partial charge in [0.15, 0.2) is 0 Å². The summed E-state index contributed by atoms with van der Waals surface area (Å²) >= 11 is 13.3. The number of aromatic nitrogens is 2. The summed E-state index contributed by atoms with van der Waals surface area (Å²) in [5.41, 5.74) is 6.05. The van der Waals surface area contributed by atoms with E-state index >= 15 is 0 Å². The van der Waals surface area contributed by atoms with Crippen molar-refractivity contribution in [3.8, 4) is 11.3 Å². The van der Waals surface area contributed by atoms with Crippen LogP contribution in [-0.4, -0.2) is 26.8 Å². The van der Waals surface area contributed by atoms with Crippen molar-refractivity contribution in [3.05, 3.63) is 69.7 Å². The van der Waals surface area contributed by atoms with Gasteiger partial charge in [-0.25, -0.2) is 9.78 Å². The maximum Gasteiger partial charge on any atom is 0.352 e. The van der Waals surface area contributed by atoms with E-state index in [1.807, 2.05) is 35.7 Å². The van der Waals surface area contributed by atoms with Crippen LogP contribution in [0.15, 0.2) is 59.1 Å². The third-order valence-electron chi connectivity index (χ3n) is 4.29. The number of H-pyrrole nitrogens is 1. The molecule has 0 saturated carbocycles. The number of para-hydroxylation sites is 1. The minimum Gasteiger partial charge on any atom is -0.477 e. The SMILES string of the molecule is O=C(O)/C(Cc1c[nH]c2ccccc12)=N/Nc1nc(-c2ccc(Cl)c(Cl)c2)cs1. The van der Waals surface area contributed by atoms with Gasteiger partial charge in [-0.2, -0.15) is 5.10 Å². The molecular weight excluding hydrogens is 431 g/mol. The summed E-state index contributed by atoms with van der Waals surface area (Å²) < 4.78 is 0. The summed E-state index contributed by atoms with van der Waals surface area (Å²) in [7, 11) is 0. The quantitative estimate of drug-likeness (QED) is 0.263. The number of anilines is 1. The second kappa shape index (κ2) is 8.24. The topological polar surface area (TPSA) is 90.4 Å². The predicted octanol–water partition coefficient (Wildman–Crippen LogP) is 5.69. The number of benzene rings is 2. The van der Waals surface area contributed by atoms with Crippen molar-refractivity contribution in [1.82, 2.24) is 9.97 Å². The highest BCUT2D eigenvalue weighted by Crippen LogP contribution is 2.30.